The highest BCUT2D eigenvalue weighted by Gasteiger charge is 2.30. The van der Waals surface area contributed by atoms with Crippen LogP contribution in [0.3, 0.4) is 0 Å². The van der Waals surface area contributed by atoms with Crippen LogP contribution in [-0.4, -0.2) is 43.7 Å². The van der Waals surface area contributed by atoms with Crippen LogP contribution >= 0.6 is 0 Å². The van der Waals surface area contributed by atoms with Crippen molar-refractivity contribution in [1.82, 2.24) is 10.2 Å². The summed E-state index contributed by atoms with van der Waals surface area (Å²) < 4.78 is 36.0. The first-order chi connectivity index (χ1) is 7.92. The first kappa shape index (κ1) is 14.3. The van der Waals surface area contributed by atoms with E-state index in [9.17, 15) is 18.0 Å². The van der Waals surface area contributed by atoms with Gasteiger partial charge in [-0.2, -0.15) is 13.2 Å². The first-order valence-electron chi connectivity index (χ1n) is 5.91. The summed E-state index contributed by atoms with van der Waals surface area (Å²) in [5.74, 6) is -0.00767. The maximum absolute atomic E-state index is 12.0. The number of amides is 1. The Kier molecular flexibility index (Phi) is 5.24. The summed E-state index contributed by atoms with van der Waals surface area (Å²) in [5, 5.41) is 3.04. The van der Waals surface area contributed by atoms with E-state index in [1.165, 1.54) is 0 Å². The Hall–Kier alpha value is -0.780. The standard InChI is InChI=1S/C11H19F3N2O/c1-15-7-9-3-2-6-16(8-9)10(17)4-5-11(12,13)14/h9,15H,2-8H2,1H3/t9-/m1/s1. The largest absolute Gasteiger partial charge is 0.389 e. The molecule has 1 aliphatic rings. The molecule has 1 amide bonds. The average molecular weight is 252 g/mol. The van der Waals surface area contributed by atoms with Crippen LogP contribution in [0.2, 0.25) is 0 Å². The number of hydrogen-bond donors (Lipinski definition) is 1. The van der Waals surface area contributed by atoms with Gasteiger partial charge < -0.3 is 10.2 Å². The second-order valence-electron chi connectivity index (χ2n) is 4.52. The molecule has 0 aliphatic carbocycles. The van der Waals surface area contributed by atoms with Gasteiger partial charge in [0.1, 0.15) is 0 Å². The lowest BCUT2D eigenvalue weighted by atomic mass is 9.97. The van der Waals surface area contributed by atoms with Gasteiger partial charge in [0.05, 0.1) is 6.42 Å². The van der Waals surface area contributed by atoms with Crippen molar-refractivity contribution in [3.63, 3.8) is 0 Å². The molecule has 0 unspecified atom stereocenters. The predicted octanol–water partition coefficient (Wildman–Crippen LogP) is 1.79. The fourth-order valence-electron chi connectivity index (χ4n) is 2.15. The van der Waals surface area contributed by atoms with Crippen LogP contribution in [0.15, 0.2) is 0 Å². The number of rotatable bonds is 4. The minimum absolute atomic E-state index is 0.364. The van der Waals surface area contributed by atoms with E-state index in [0.717, 1.165) is 19.4 Å². The summed E-state index contributed by atoms with van der Waals surface area (Å²) in [6, 6.07) is 0. The summed E-state index contributed by atoms with van der Waals surface area (Å²) in [5.41, 5.74) is 0. The van der Waals surface area contributed by atoms with Crippen molar-refractivity contribution in [2.45, 2.75) is 31.9 Å². The average Bonchev–Trinajstić information content (AvgIpc) is 2.26. The van der Waals surface area contributed by atoms with E-state index in [1.807, 2.05) is 7.05 Å². The molecular formula is C11H19F3N2O. The molecule has 1 atom stereocenters. The number of piperidine rings is 1. The van der Waals surface area contributed by atoms with Gasteiger partial charge in [-0.15, -0.1) is 0 Å². The molecule has 0 aromatic rings. The molecule has 1 rings (SSSR count). The van der Waals surface area contributed by atoms with Gasteiger partial charge in [0.25, 0.3) is 0 Å². The normalized spacial score (nSPS) is 21.6. The lowest BCUT2D eigenvalue weighted by Crippen LogP contribution is -2.42. The van der Waals surface area contributed by atoms with Gasteiger partial charge in [0.2, 0.25) is 5.91 Å². The molecule has 1 saturated heterocycles. The number of nitrogens with zero attached hydrogens (tertiary/aromatic N) is 1. The Morgan fingerprint density at radius 1 is 1.47 bits per heavy atom. The maximum Gasteiger partial charge on any atom is 0.389 e. The Morgan fingerprint density at radius 2 is 2.18 bits per heavy atom. The quantitative estimate of drug-likeness (QED) is 0.827. The first-order valence-corrected chi connectivity index (χ1v) is 5.91. The number of carbonyl (C=O) groups excluding carboxylic acids is 1. The smallest absolute Gasteiger partial charge is 0.342 e. The van der Waals surface area contributed by atoms with Crippen LogP contribution in [0, 0.1) is 5.92 Å². The minimum atomic E-state index is -4.24. The molecule has 1 N–H and O–H groups in total. The van der Waals surface area contributed by atoms with E-state index in [1.54, 1.807) is 4.90 Å². The summed E-state index contributed by atoms with van der Waals surface area (Å²) in [7, 11) is 1.84. The molecule has 100 valence electrons. The third kappa shape index (κ3) is 5.39. The molecule has 3 nitrogen and oxygen atoms in total. The second kappa shape index (κ2) is 6.23. The SMILES string of the molecule is CNC[C@H]1CCCN(C(=O)CCC(F)(F)F)C1. The number of nitrogens with one attached hydrogen (secondary N) is 1. The number of halogens is 3. The Labute approximate surface area is 99.4 Å². The zero-order chi connectivity index (χ0) is 12.9. The zero-order valence-corrected chi connectivity index (χ0v) is 10.0. The molecule has 17 heavy (non-hydrogen) atoms. The molecular weight excluding hydrogens is 233 g/mol. The third-order valence-electron chi connectivity index (χ3n) is 2.99. The van der Waals surface area contributed by atoms with Gasteiger partial charge >= 0.3 is 6.18 Å². The molecule has 0 aromatic heterocycles. The zero-order valence-electron chi connectivity index (χ0n) is 10.0. The number of alkyl halides is 3. The molecule has 1 fully saturated rings. The van der Waals surface area contributed by atoms with Crippen LogP contribution in [0.1, 0.15) is 25.7 Å². The van der Waals surface area contributed by atoms with Gasteiger partial charge in [0, 0.05) is 19.5 Å². The molecule has 0 saturated carbocycles. The third-order valence-corrected chi connectivity index (χ3v) is 2.99. The van der Waals surface area contributed by atoms with E-state index in [4.69, 9.17) is 0 Å². The highest BCUT2D eigenvalue weighted by Crippen LogP contribution is 2.23. The van der Waals surface area contributed by atoms with Crippen molar-refractivity contribution in [2.75, 3.05) is 26.7 Å². The van der Waals surface area contributed by atoms with Crippen molar-refractivity contribution in [3.05, 3.63) is 0 Å². The van der Waals surface area contributed by atoms with E-state index in [0.29, 0.717) is 19.0 Å². The van der Waals surface area contributed by atoms with Crippen molar-refractivity contribution in [3.8, 4) is 0 Å². The summed E-state index contributed by atoms with van der Waals surface area (Å²) in [6.07, 6.45) is -3.77. The van der Waals surface area contributed by atoms with Crippen LogP contribution in [-0.2, 0) is 4.79 Å². The topological polar surface area (TPSA) is 32.3 Å². The molecule has 1 heterocycles. The highest BCUT2D eigenvalue weighted by atomic mass is 19.4. The fraction of sp³-hybridized carbons (Fsp3) is 0.909. The Bertz CT molecular complexity index is 254. The van der Waals surface area contributed by atoms with Crippen LogP contribution < -0.4 is 5.32 Å². The van der Waals surface area contributed by atoms with Gasteiger partial charge in [-0.05, 0) is 32.4 Å². The molecule has 1 aliphatic heterocycles. The molecule has 0 radical (unpaired) electrons. The summed E-state index contributed by atoms with van der Waals surface area (Å²) in [4.78, 5) is 13.2. The number of hydrogen-bond acceptors (Lipinski definition) is 2. The summed E-state index contributed by atoms with van der Waals surface area (Å²) in [6.45, 7) is 1.98. The predicted molar refractivity (Wildman–Crippen MR) is 58.5 cm³/mol. The molecule has 0 aromatic carbocycles. The van der Waals surface area contributed by atoms with Crippen LogP contribution in [0.25, 0.3) is 0 Å². The van der Waals surface area contributed by atoms with Crippen LogP contribution in [0.4, 0.5) is 13.2 Å². The molecule has 6 heteroatoms. The van der Waals surface area contributed by atoms with Crippen LogP contribution in [0.5, 0.6) is 0 Å². The number of likely N-dealkylation sites (tertiary alicyclic amines) is 1. The highest BCUT2D eigenvalue weighted by molar-refractivity contribution is 5.76. The van der Waals surface area contributed by atoms with E-state index < -0.39 is 19.0 Å². The minimum Gasteiger partial charge on any atom is -0.342 e. The van der Waals surface area contributed by atoms with Gasteiger partial charge in [0.15, 0.2) is 0 Å². The van der Waals surface area contributed by atoms with E-state index in [-0.39, 0.29) is 5.91 Å². The van der Waals surface area contributed by atoms with E-state index >= 15 is 0 Å². The van der Waals surface area contributed by atoms with E-state index in [2.05, 4.69) is 5.32 Å². The molecule has 0 spiro atoms. The van der Waals surface area contributed by atoms with Crippen molar-refractivity contribution < 1.29 is 18.0 Å². The van der Waals surface area contributed by atoms with Crippen molar-refractivity contribution in [2.24, 2.45) is 5.92 Å². The van der Waals surface area contributed by atoms with Crippen molar-refractivity contribution >= 4 is 5.91 Å². The maximum atomic E-state index is 12.0. The van der Waals surface area contributed by atoms with Gasteiger partial charge in [-0.25, -0.2) is 0 Å². The Morgan fingerprint density at radius 3 is 2.76 bits per heavy atom. The lowest BCUT2D eigenvalue weighted by molar-refractivity contribution is -0.150. The van der Waals surface area contributed by atoms with Gasteiger partial charge in [-0.3, -0.25) is 4.79 Å². The monoisotopic (exact) mass is 252 g/mol. The molecule has 0 bridgehead atoms. The lowest BCUT2D eigenvalue weighted by Gasteiger charge is -2.32. The fourth-order valence-corrected chi connectivity index (χ4v) is 2.15. The van der Waals surface area contributed by atoms with Gasteiger partial charge in [-0.1, -0.05) is 0 Å². The number of carbonyl (C=O) groups is 1. The second-order valence-corrected chi connectivity index (χ2v) is 4.52. The van der Waals surface area contributed by atoms with Crippen molar-refractivity contribution in [1.29, 1.82) is 0 Å². The summed E-state index contributed by atoms with van der Waals surface area (Å²) >= 11 is 0. The Balaban J connectivity index is 2.36.